The number of allylic oxidation sites excluding steroid dienone is 2. The molecule has 36 heavy (non-hydrogen) atoms. The molecule has 4 heteroatoms. The van der Waals surface area contributed by atoms with E-state index in [0.717, 1.165) is 25.2 Å². The van der Waals surface area contributed by atoms with Crippen LogP contribution in [-0.4, -0.2) is 23.7 Å². The van der Waals surface area contributed by atoms with Gasteiger partial charge < -0.3 is 9.84 Å². The summed E-state index contributed by atoms with van der Waals surface area (Å²) >= 11 is 0. The maximum atomic E-state index is 12.4. The molecule has 0 aromatic rings. The lowest BCUT2D eigenvalue weighted by Crippen LogP contribution is -2.54. The molecule has 4 aliphatic carbocycles. The highest BCUT2D eigenvalue weighted by Gasteiger charge is 2.80. The topological polar surface area (TPSA) is 63.6 Å². The molecule has 0 radical (unpaired) electrons. The molecule has 0 saturated heterocycles. The van der Waals surface area contributed by atoms with Crippen LogP contribution in [-0.2, 0) is 14.3 Å². The van der Waals surface area contributed by atoms with Crippen molar-refractivity contribution in [2.24, 2.45) is 45.3 Å². The Labute approximate surface area is 219 Å². The van der Waals surface area contributed by atoms with Crippen LogP contribution in [0, 0.1) is 45.3 Å². The summed E-state index contributed by atoms with van der Waals surface area (Å²) in [5.41, 5.74) is 3.06. The summed E-state index contributed by atoms with van der Waals surface area (Å²) in [5, 5.41) is 9.20. The first-order chi connectivity index (χ1) is 16.9. The highest BCUT2D eigenvalue weighted by molar-refractivity contribution is 5.85. The van der Waals surface area contributed by atoms with Crippen LogP contribution in [0.2, 0.25) is 0 Å². The number of carboxylic acids is 1. The van der Waals surface area contributed by atoms with Crippen molar-refractivity contribution in [2.45, 2.75) is 112 Å². The molecule has 0 amide bonds. The molecule has 1 N–H and O–H groups in total. The van der Waals surface area contributed by atoms with E-state index < -0.39 is 5.97 Å². The summed E-state index contributed by atoms with van der Waals surface area (Å²) in [5.74, 6) is 1.73. The third-order valence-electron chi connectivity index (χ3n) is 12.3. The van der Waals surface area contributed by atoms with Crippen molar-refractivity contribution in [3.05, 3.63) is 23.8 Å². The molecule has 4 aliphatic rings. The minimum atomic E-state index is -0.804. The van der Waals surface area contributed by atoms with Gasteiger partial charge >= 0.3 is 11.9 Å². The second-order valence-electron chi connectivity index (χ2n) is 13.5. The van der Waals surface area contributed by atoms with E-state index in [2.05, 4.69) is 34.3 Å². The van der Waals surface area contributed by atoms with Gasteiger partial charge in [0.1, 0.15) is 0 Å². The van der Waals surface area contributed by atoms with Crippen molar-refractivity contribution in [2.75, 3.05) is 6.61 Å². The summed E-state index contributed by atoms with van der Waals surface area (Å²) in [6.45, 7) is 18.3. The molecule has 1 spiro atoms. The standard InChI is InChI=1S/C32H50O4/c1-8-36-27(33)15-17-31-20-32(31)19-18-29(6)25(22(4)10-9-11-23(5)28(34)35)14-16-30(29,7)26(32)13-12-24(31)21(2)3/h11,22,24-26H,2,8-10,12-20H2,1,3-7H3,(H,34,35)/b23-11-/t22-,24+,25-,26+,29-,30+,31-,32+/m1/s1. The average Bonchev–Trinajstić information content (AvgIpc) is 3.40. The Morgan fingerprint density at radius 1 is 1.11 bits per heavy atom. The summed E-state index contributed by atoms with van der Waals surface area (Å²) in [7, 11) is 0. The first kappa shape index (κ1) is 27.5. The molecular formula is C32H50O4. The van der Waals surface area contributed by atoms with E-state index >= 15 is 0 Å². The molecule has 0 heterocycles. The lowest BCUT2D eigenvalue weighted by Gasteiger charge is -2.61. The number of carbonyl (C=O) groups is 2. The van der Waals surface area contributed by atoms with E-state index in [9.17, 15) is 14.7 Å². The summed E-state index contributed by atoms with van der Waals surface area (Å²) in [6, 6.07) is 0. The fourth-order valence-corrected chi connectivity index (χ4v) is 10.3. The van der Waals surface area contributed by atoms with Crippen molar-refractivity contribution in [3.63, 3.8) is 0 Å². The van der Waals surface area contributed by atoms with Gasteiger partial charge in [-0.25, -0.2) is 4.79 Å². The van der Waals surface area contributed by atoms with Gasteiger partial charge in [-0.3, -0.25) is 4.79 Å². The van der Waals surface area contributed by atoms with Crippen molar-refractivity contribution >= 4 is 11.9 Å². The second-order valence-corrected chi connectivity index (χ2v) is 13.5. The van der Waals surface area contributed by atoms with Gasteiger partial charge in [0.05, 0.1) is 6.61 Å². The molecule has 0 bridgehead atoms. The number of hydrogen-bond acceptors (Lipinski definition) is 3. The summed E-state index contributed by atoms with van der Waals surface area (Å²) in [6.07, 6.45) is 14.3. The molecular weight excluding hydrogens is 448 g/mol. The van der Waals surface area contributed by atoms with Crippen molar-refractivity contribution in [1.29, 1.82) is 0 Å². The van der Waals surface area contributed by atoms with E-state index in [4.69, 9.17) is 4.74 Å². The Morgan fingerprint density at radius 3 is 2.47 bits per heavy atom. The molecule has 0 aromatic heterocycles. The van der Waals surface area contributed by atoms with Gasteiger partial charge in [-0.1, -0.05) is 39.0 Å². The van der Waals surface area contributed by atoms with Gasteiger partial charge in [0.2, 0.25) is 0 Å². The van der Waals surface area contributed by atoms with Gasteiger partial charge in [0.25, 0.3) is 0 Å². The molecule has 0 aromatic carbocycles. The Bertz CT molecular complexity index is 934. The Kier molecular flexibility index (Phi) is 7.34. The number of rotatable bonds is 10. The molecule has 0 aliphatic heterocycles. The number of hydrogen-bond donors (Lipinski definition) is 1. The number of fused-ring (bicyclic) bond motifs is 2. The number of carboxylic acid groups (broad SMARTS) is 1. The Balaban J connectivity index is 1.55. The minimum absolute atomic E-state index is 0.0367. The normalized spacial score (nSPS) is 42.1. The fraction of sp³-hybridized carbons (Fsp3) is 0.812. The highest BCUT2D eigenvalue weighted by atomic mass is 16.5. The third kappa shape index (κ3) is 4.00. The fourth-order valence-electron chi connectivity index (χ4n) is 10.3. The quantitative estimate of drug-likeness (QED) is 0.188. The lowest BCUT2D eigenvalue weighted by atomic mass is 9.43. The van der Waals surface area contributed by atoms with Crippen molar-refractivity contribution < 1.29 is 19.4 Å². The number of ether oxygens (including phenoxy) is 1. The maximum absolute atomic E-state index is 12.4. The zero-order valence-electron chi connectivity index (χ0n) is 23.8. The summed E-state index contributed by atoms with van der Waals surface area (Å²) < 4.78 is 5.33. The maximum Gasteiger partial charge on any atom is 0.330 e. The predicted molar refractivity (Wildman–Crippen MR) is 144 cm³/mol. The van der Waals surface area contributed by atoms with E-state index in [-0.39, 0.29) is 11.4 Å². The Morgan fingerprint density at radius 2 is 1.83 bits per heavy atom. The highest BCUT2D eigenvalue weighted by Crippen LogP contribution is 2.87. The van der Waals surface area contributed by atoms with Gasteiger partial charge in [-0.05, 0) is 130 Å². The Hall–Kier alpha value is -1.58. The van der Waals surface area contributed by atoms with Gasteiger partial charge in [0.15, 0.2) is 0 Å². The van der Waals surface area contributed by atoms with Gasteiger partial charge in [-0.2, -0.15) is 0 Å². The van der Waals surface area contributed by atoms with Crippen LogP contribution < -0.4 is 0 Å². The van der Waals surface area contributed by atoms with Crippen LogP contribution >= 0.6 is 0 Å². The van der Waals surface area contributed by atoms with Crippen LogP contribution in [0.25, 0.3) is 0 Å². The SMILES string of the molecule is C=C(C)[C@@H]1CC[C@@H]2[C@]3(CC[C@]4(C)[C@@H]([C@H](C)CC/C=C(/C)C(=O)O)CC[C@@]24C)C[C@]13CCC(=O)OCC. The van der Waals surface area contributed by atoms with Crippen LogP contribution in [0.15, 0.2) is 23.8 Å². The molecule has 4 saturated carbocycles. The van der Waals surface area contributed by atoms with Gasteiger partial charge in [-0.15, -0.1) is 0 Å². The second kappa shape index (κ2) is 9.62. The smallest absolute Gasteiger partial charge is 0.330 e. The molecule has 4 fully saturated rings. The molecule has 8 atom stereocenters. The van der Waals surface area contributed by atoms with E-state index in [1.807, 2.05) is 13.0 Å². The molecule has 0 unspecified atom stereocenters. The van der Waals surface area contributed by atoms with E-state index in [1.165, 1.54) is 50.5 Å². The number of esters is 1. The first-order valence-corrected chi connectivity index (χ1v) is 14.6. The van der Waals surface area contributed by atoms with E-state index in [1.54, 1.807) is 6.92 Å². The largest absolute Gasteiger partial charge is 0.478 e. The average molecular weight is 499 g/mol. The van der Waals surface area contributed by atoms with Crippen LogP contribution in [0.4, 0.5) is 0 Å². The number of carbonyl (C=O) groups excluding carboxylic acids is 1. The zero-order chi connectivity index (χ0) is 26.5. The molecule has 4 nitrogen and oxygen atoms in total. The third-order valence-corrected chi connectivity index (χ3v) is 12.3. The van der Waals surface area contributed by atoms with E-state index in [0.29, 0.717) is 52.6 Å². The van der Waals surface area contributed by atoms with Crippen LogP contribution in [0.3, 0.4) is 0 Å². The van der Waals surface area contributed by atoms with Crippen molar-refractivity contribution in [3.8, 4) is 0 Å². The van der Waals surface area contributed by atoms with Gasteiger partial charge in [0, 0.05) is 12.0 Å². The predicted octanol–water partition coefficient (Wildman–Crippen LogP) is 7.97. The number of aliphatic carboxylic acids is 1. The van der Waals surface area contributed by atoms with Crippen LogP contribution in [0.1, 0.15) is 112 Å². The minimum Gasteiger partial charge on any atom is -0.478 e. The van der Waals surface area contributed by atoms with Crippen LogP contribution in [0.5, 0.6) is 0 Å². The molecule has 202 valence electrons. The monoisotopic (exact) mass is 498 g/mol. The van der Waals surface area contributed by atoms with Crippen molar-refractivity contribution in [1.82, 2.24) is 0 Å². The molecule has 4 rings (SSSR count). The zero-order valence-corrected chi connectivity index (χ0v) is 23.8. The first-order valence-electron chi connectivity index (χ1n) is 14.6. The lowest BCUT2D eigenvalue weighted by molar-refractivity contribution is -0.145. The summed E-state index contributed by atoms with van der Waals surface area (Å²) in [4.78, 5) is 23.6.